The van der Waals surface area contributed by atoms with Gasteiger partial charge < -0.3 is 10.1 Å². The molecular formula is C14H23N3OS. The van der Waals surface area contributed by atoms with Gasteiger partial charge in [0.05, 0.1) is 7.11 Å². The number of ether oxygens (including phenoxy) is 1. The maximum absolute atomic E-state index is 5.18. The fourth-order valence-electron chi connectivity index (χ4n) is 2.61. The lowest BCUT2D eigenvalue weighted by atomic mass is 9.88. The Morgan fingerprint density at radius 2 is 2.05 bits per heavy atom. The highest BCUT2D eigenvalue weighted by Crippen LogP contribution is 2.38. The molecule has 1 aromatic heterocycles. The van der Waals surface area contributed by atoms with E-state index in [9.17, 15) is 0 Å². The van der Waals surface area contributed by atoms with Gasteiger partial charge in [0.15, 0.2) is 0 Å². The second kappa shape index (κ2) is 6.46. The fourth-order valence-corrected chi connectivity index (χ4v) is 3.53. The van der Waals surface area contributed by atoms with Gasteiger partial charge in [-0.15, -0.1) is 0 Å². The van der Waals surface area contributed by atoms with Crippen molar-refractivity contribution in [1.82, 2.24) is 9.97 Å². The van der Waals surface area contributed by atoms with E-state index in [2.05, 4.69) is 21.5 Å². The van der Waals surface area contributed by atoms with E-state index in [1.165, 1.54) is 32.1 Å². The van der Waals surface area contributed by atoms with E-state index in [1.54, 1.807) is 7.11 Å². The molecule has 1 aliphatic carbocycles. The van der Waals surface area contributed by atoms with Crippen LogP contribution in [0.1, 0.15) is 37.8 Å². The summed E-state index contributed by atoms with van der Waals surface area (Å²) >= 11 is 1.98. The largest absolute Gasteiger partial charge is 0.481 e. The van der Waals surface area contributed by atoms with Crippen molar-refractivity contribution in [3.63, 3.8) is 0 Å². The van der Waals surface area contributed by atoms with E-state index < -0.39 is 0 Å². The predicted octanol–water partition coefficient (Wildman–Crippen LogP) is 3.27. The van der Waals surface area contributed by atoms with E-state index in [0.29, 0.717) is 16.6 Å². The Balaban J connectivity index is 2.02. The van der Waals surface area contributed by atoms with Crippen LogP contribution in [0.15, 0.2) is 6.07 Å². The number of hydrogen-bond acceptors (Lipinski definition) is 5. The molecule has 106 valence electrons. The highest BCUT2D eigenvalue weighted by atomic mass is 32.2. The topological polar surface area (TPSA) is 47.0 Å². The van der Waals surface area contributed by atoms with E-state index in [1.807, 2.05) is 24.8 Å². The smallest absolute Gasteiger partial charge is 0.226 e. The number of rotatable bonds is 5. The number of aromatic nitrogens is 2. The van der Waals surface area contributed by atoms with Gasteiger partial charge >= 0.3 is 0 Å². The van der Waals surface area contributed by atoms with Crippen LogP contribution in [0.3, 0.4) is 0 Å². The summed E-state index contributed by atoms with van der Waals surface area (Å²) in [5, 5.41) is 3.40. The van der Waals surface area contributed by atoms with Gasteiger partial charge in [0.2, 0.25) is 11.8 Å². The van der Waals surface area contributed by atoms with Crippen molar-refractivity contribution in [2.45, 2.75) is 43.8 Å². The number of nitrogens with one attached hydrogen (secondary N) is 1. The summed E-state index contributed by atoms with van der Waals surface area (Å²) in [6.07, 6.45) is 8.82. The van der Waals surface area contributed by atoms with Crippen molar-refractivity contribution in [3.05, 3.63) is 11.8 Å². The summed E-state index contributed by atoms with van der Waals surface area (Å²) in [4.78, 5) is 8.77. The average Bonchev–Trinajstić information content (AvgIpc) is 2.45. The summed E-state index contributed by atoms with van der Waals surface area (Å²) in [5.74, 6) is 1.30. The third-order valence-electron chi connectivity index (χ3n) is 3.81. The van der Waals surface area contributed by atoms with Gasteiger partial charge in [-0.05, 0) is 26.0 Å². The Kier molecular flexibility index (Phi) is 4.91. The van der Waals surface area contributed by atoms with Crippen molar-refractivity contribution < 1.29 is 4.74 Å². The molecule has 0 spiro atoms. The molecular weight excluding hydrogens is 258 g/mol. The molecule has 2 rings (SSSR count). The van der Waals surface area contributed by atoms with Crippen LogP contribution >= 0.6 is 11.8 Å². The van der Waals surface area contributed by atoms with Gasteiger partial charge in [0.25, 0.3) is 0 Å². The molecule has 1 aliphatic rings. The van der Waals surface area contributed by atoms with E-state index >= 15 is 0 Å². The molecule has 0 unspecified atom stereocenters. The first-order chi connectivity index (χ1) is 9.17. The molecule has 0 atom stereocenters. The highest BCUT2D eigenvalue weighted by Gasteiger charge is 2.31. The minimum absolute atomic E-state index is 0.346. The number of nitrogens with zero attached hydrogens (tertiary/aromatic N) is 2. The predicted molar refractivity (Wildman–Crippen MR) is 81.1 cm³/mol. The minimum Gasteiger partial charge on any atom is -0.481 e. The third kappa shape index (κ3) is 3.75. The molecule has 1 saturated carbocycles. The second-order valence-electron chi connectivity index (χ2n) is 5.18. The Hall–Kier alpha value is -0.970. The quantitative estimate of drug-likeness (QED) is 0.897. The molecule has 1 N–H and O–H groups in total. The summed E-state index contributed by atoms with van der Waals surface area (Å²) < 4.78 is 5.53. The summed E-state index contributed by atoms with van der Waals surface area (Å²) in [6.45, 7) is 2.89. The maximum atomic E-state index is 5.18. The van der Waals surface area contributed by atoms with Gasteiger partial charge in [-0.25, -0.2) is 4.98 Å². The molecule has 1 aromatic rings. The lowest BCUT2D eigenvalue weighted by Gasteiger charge is -2.35. The molecule has 4 nitrogen and oxygen atoms in total. The zero-order valence-corrected chi connectivity index (χ0v) is 12.8. The summed E-state index contributed by atoms with van der Waals surface area (Å²) in [6, 6.07) is 1.84. The molecule has 0 aromatic carbocycles. The van der Waals surface area contributed by atoms with Gasteiger partial charge in [-0.2, -0.15) is 16.7 Å². The Morgan fingerprint density at radius 3 is 2.68 bits per heavy atom. The second-order valence-corrected chi connectivity index (χ2v) is 6.45. The van der Waals surface area contributed by atoms with Crippen LogP contribution in [-0.2, 0) is 0 Å². The first-order valence-electron chi connectivity index (χ1n) is 6.86. The number of aryl methyl sites for hydroxylation is 1. The lowest BCUT2D eigenvalue weighted by Crippen LogP contribution is -2.36. The Bertz CT molecular complexity index is 419. The number of hydrogen-bond donors (Lipinski definition) is 1. The van der Waals surface area contributed by atoms with Crippen LogP contribution in [0, 0.1) is 6.92 Å². The van der Waals surface area contributed by atoms with Crippen LogP contribution in [0.2, 0.25) is 0 Å². The van der Waals surface area contributed by atoms with E-state index in [-0.39, 0.29) is 0 Å². The van der Waals surface area contributed by atoms with Gasteiger partial charge in [-0.3, -0.25) is 0 Å². The van der Waals surface area contributed by atoms with Crippen molar-refractivity contribution in [1.29, 1.82) is 0 Å². The van der Waals surface area contributed by atoms with Crippen molar-refractivity contribution >= 4 is 17.7 Å². The zero-order chi connectivity index (χ0) is 13.7. The highest BCUT2D eigenvalue weighted by molar-refractivity contribution is 8.00. The molecule has 1 heterocycles. The minimum atomic E-state index is 0.346. The first-order valence-corrected chi connectivity index (χ1v) is 8.09. The molecule has 5 heteroatoms. The average molecular weight is 281 g/mol. The molecule has 1 fully saturated rings. The van der Waals surface area contributed by atoms with Crippen LogP contribution in [0.25, 0.3) is 0 Å². The van der Waals surface area contributed by atoms with E-state index in [4.69, 9.17) is 4.74 Å². The van der Waals surface area contributed by atoms with Crippen LogP contribution in [0.4, 0.5) is 5.95 Å². The number of anilines is 1. The molecule has 19 heavy (non-hydrogen) atoms. The van der Waals surface area contributed by atoms with Crippen molar-refractivity contribution in [2.75, 3.05) is 25.2 Å². The van der Waals surface area contributed by atoms with Crippen molar-refractivity contribution in [3.8, 4) is 5.88 Å². The van der Waals surface area contributed by atoms with Crippen LogP contribution in [-0.4, -0.2) is 34.6 Å². The first kappa shape index (κ1) is 14.4. The van der Waals surface area contributed by atoms with Crippen molar-refractivity contribution in [2.24, 2.45) is 0 Å². The summed E-state index contributed by atoms with van der Waals surface area (Å²) in [7, 11) is 1.63. The zero-order valence-electron chi connectivity index (χ0n) is 12.0. The van der Waals surface area contributed by atoms with Gasteiger partial charge in [-0.1, -0.05) is 19.3 Å². The molecule has 0 amide bonds. The molecule has 0 radical (unpaired) electrons. The SMILES string of the molecule is COc1cc(C)nc(NCC2(SC)CCCCC2)n1. The Labute approximate surface area is 119 Å². The maximum Gasteiger partial charge on any atom is 0.226 e. The standard InChI is InChI=1S/C14H23N3OS/c1-11-9-12(18-2)17-13(16-11)15-10-14(19-3)7-5-4-6-8-14/h9H,4-8,10H2,1-3H3,(H,15,16,17). The van der Waals surface area contributed by atoms with E-state index in [0.717, 1.165) is 12.2 Å². The molecule has 0 bridgehead atoms. The van der Waals surface area contributed by atoms with Crippen LogP contribution < -0.4 is 10.1 Å². The normalized spacial score (nSPS) is 18.1. The third-order valence-corrected chi connectivity index (χ3v) is 5.22. The summed E-state index contributed by atoms with van der Waals surface area (Å²) in [5.41, 5.74) is 0.927. The van der Waals surface area contributed by atoms with Gasteiger partial charge in [0.1, 0.15) is 0 Å². The number of methoxy groups -OCH3 is 1. The monoisotopic (exact) mass is 281 g/mol. The molecule has 0 saturated heterocycles. The Morgan fingerprint density at radius 1 is 1.32 bits per heavy atom. The van der Waals surface area contributed by atoms with Gasteiger partial charge in [0, 0.05) is 23.1 Å². The lowest BCUT2D eigenvalue weighted by molar-refractivity contribution is 0.395. The fraction of sp³-hybridized carbons (Fsp3) is 0.714. The number of thioether (sulfide) groups is 1. The molecule has 0 aliphatic heterocycles. The van der Waals surface area contributed by atoms with Crippen LogP contribution in [0.5, 0.6) is 5.88 Å².